The van der Waals surface area contributed by atoms with E-state index in [1.54, 1.807) is 36.4 Å². The summed E-state index contributed by atoms with van der Waals surface area (Å²) in [6, 6.07) is 15.1. The second kappa shape index (κ2) is 7.41. The van der Waals surface area contributed by atoms with E-state index < -0.39 is 27.7 Å². The topological polar surface area (TPSA) is 147 Å². The summed E-state index contributed by atoms with van der Waals surface area (Å²) in [6.45, 7) is 0. The summed E-state index contributed by atoms with van der Waals surface area (Å²) >= 11 is 0. The van der Waals surface area contributed by atoms with Crippen molar-refractivity contribution in [2.75, 3.05) is 0 Å². The molecule has 0 aliphatic carbocycles. The number of nitrogens with two attached hydrogens (primary N) is 2. The first kappa shape index (κ1) is 19.5. The SMILES string of the molecule is N=C(N)c1cccc(CC(N)C(=O)O)c1S(=O)(=O)c1cccc2ccccc12. The largest absolute Gasteiger partial charge is 0.480 e. The lowest BCUT2D eigenvalue weighted by Gasteiger charge is -2.17. The molecule has 1 unspecified atom stereocenters. The van der Waals surface area contributed by atoms with Crippen molar-refractivity contribution in [1.29, 1.82) is 5.41 Å². The van der Waals surface area contributed by atoms with Crippen LogP contribution in [0.2, 0.25) is 0 Å². The van der Waals surface area contributed by atoms with Crippen LogP contribution in [0.5, 0.6) is 0 Å². The zero-order chi connectivity index (χ0) is 20.5. The first-order valence-electron chi connectivity index (χ1n) is 8.41. The van der Waals surface area contributed by atoms with Gasteiger partial charge >= 0.3 is 5.97 Å². The highest BCUT2D eigenvalue weighted by Crippen LogP contribution is 2.32. The van der Waals surface area contributed by atoms with E-state index in [-0.39, 0.29) is 27.3 Å². The summed E-state index contributed by atoms with van der Waals surface area (Å²) in [6.07, 6.45) is -0.213. The first-order valence-corrected chi connectivity index (χ1v) is 9.89. The molecular formula is C20H19N3O4S. The van der Waals surface area contributed by atoms with E-state index in [1.807, 2.05) is 0 Å². The van der Waals surface area contributed by atoms with Crippen LogP contribution in [0.1, 0.15) is 11.1 Å². The Morgan fingerprint density at radius 1 is 1.04 bits per heavy atom. The second-order valence-corrected chi connectivity index (χ2v) is 8.19. The number of carboxylic acid groups (broad SMARTS) is 1. The Labute approximate surface area is 162 Å². The van der Waals surface area contributed by atoms with Gasteiger partial charge in [-0.05, 0) is 29.5 Å². The van der Waals surface area contributed by atoms with Crippen molar-refractivity contribution in [3.63, 3.8) is 0 Å². The molecule has 8 heteroatoms. The van der Waals surface area contributed by atoms with Crippen molar-refractivity contribution in [3.05, 3.63) is 71.8 Å². The number of hydrogen-bond donors (Lipinski definition) is 4. The van der Waals surface area contributed by atoms with Crippen LogP contribution >= 0.6 is 0 Å². The van der Waals surface area contributed by atoms with Gasteiger partial charge < -0.3 is 16.6 Å². The number of aliphatic carboxylic acids is 1. The molecule has 0 aromatic heterocycles. The van der Waals surface area contributed by atoms with Crippen molar-refractivity contribution in [3.8, 4) is 0 Å². The molecule has 0 spiro atoms. The molecule has 3 aromatic carbocycles. The average molecular weight is 397 g/mol. The maximum atomic E-state index is 13.6. The number of rotatable bonds is 6. The van der Waals surface area contributed by atoms with Gasteiger partial charge in [-0.2, -0.15) is 0 Å². The lowest BCUT2D eigenvalue weighted by Crippen LogP contribution is -2.33. The van der Waals surface area contributed by atoms with Crippen LogP contribution in [-0.2, 0) is 21.1 Å². The summed E-state index contributed by atoms with van der Waals surface area (Å²) in [5.74, 6) is -1.67. The van der Waals surface area contributed by atoms with Crippen LogP contribution in [0, 0.1) is 5.41 Å². The highest BCUT2D eigenvalue weighted by Gasteiger charge is 2.29. The van der Waals surface area contributed by atoms with Crippen molar-refractivity contribution >= 4 is 32.4 Å². The third-order valence-corrected chi connectivity index (χ3v) is 6.41. The quantitative estimate of drug-likeness (QED) is 0.369. The van der Waals surface area contributed by atoms with Gasteiger partial charge in [-0.1, -0.05) is 48.5 Å². The van der Waals surface area contributed by atoms with Gasteiger partial charge in [-0.25, -0.2) is 8.42 Å². The average Bonchev–Trinajstić information content (AvgIpc) is 2.67. The molecule has 0 fully saturated rings. The third kappa shape index (κ3) is 3.47. The first-order chi connectivity index (χ1) is 13.2. The smallest absolute Gasteiger partial charge is 0.320 e. The summed E-state index contributed by atoms with van der Waals surface area (Å²) < 4.78 is 27.2. The van der Waals surface area contributed by atoms with Crippen molar-refractivity contribution < 1.29 is 18.3 Å². The molecule has 28 heavy (non-hydrogen) atoms. The fourth-order valence-electron chi connectivity index (χ4n) is 3.14. The standard InChI is InChI=1S/C20H19N3O4S/c21-16(20(24)25)11-13-7-3-9-15(19(22)23)18(13)28(26,27)17-10-4-6-12-5-1-2-8-14(12)17/h1-10,16H,11,21H2,(H3,22,23)(H,24,25). The Hall–Kier alpha value is -3.23. The molecule has 0 radical (unpaired) electrons. The summed E-state index contributed by atoms with van der Waals surface area (Å²) in [4.78, 5) is 11.1. The molecule has 0 bridgehead atoms. The van der Waals surface area contributed by atoms with E-state index in [4.69, 9.17) is 22.0 Å². The molecule has 144 valence electrons. The predicted octanol–water partition coefficient (Wildman–Crippen LogP) is 1.91. The summed E-state index contributed by atoms with van der Waals surface area (Å²) in [5, 5.41) is 18.2. The molecule has 0 aliphatic rings. The van der Waals surface area contributed by atoms with Crippen LogP contribution < -0.4 is 11.5 Å². The van der Waals surface area contributed by atoms with E-state index in [0.29, 0.717) is 5.39 Å². The Morgan fingerprint density at radius 2 is 1.68 bits per heavy atom. The Bertz CT molecular complexity index is 1180. The molecule has 0 heterocycles. The van der Waals surface area contributed by atoms with Gasteiger partial charge in [0.1, 0.15) is 11.9 Å². The van der Waals surface area contributed by atoms with E-state index >= 15 is 0 Å². The number of fused-ring (bicyclic) bond motifs is 1. The minimum atomic E-state index is -4.11. The fourth-order valence-corrected chi connectivity index (χ4v) is 5.06. The normalized spacial score (nSPS) is 12.6. The lowest BCUT2D eigenvalue weighted by atomic mass is 10.0. The highest BCUT2D eigenvalue weighted by atomic mass is 32.2. The monoisotopic (exact) mass is 397 g/mol. The van der Waals surface area contributed by atoms with E-state index in [2.05, 4.69) is 0 Å². The van der Waals surface area contributed by atoms with E-state index in [9.17, 15) is 13.2 Å². The van der Waals surface area contributed by atoms with E-state index in [1.165, 1.54) is 24.3 Å². The fraction of sp³-hybridized carbons (Fsp3) is 0.100. The van der Waals surface area contributed by atoms with Gasteiger partial charge in [0.15, 0.2) is 0 Å². The van der Waals surface area contributed by atoms with E-state index in [0.717, 1.165) is 5.39 Å². The van der Waals surface area contributed by atoms with Gasteiger partial charge in [0.25, 0.3) is 0 Å². The molecule has 7 nitrogen and oxygen atoms in total. The molecule has 0 saturated heterocycles. The summed E-state index contributed by atoms with van der Waals surface area (Å²) in [7, 11) is -4.11. The number of benzene rings is 3. The Balaban J connectivity index is 2.31. The Morgan fingerprint density at radius 3 is 2.36 bits per heavy atom. The predicted molar refractivity (Wildman–Crippen MR) is 106 cm³/mol. The number of amidine groups is 1. The number of sulfone groups is 1. The van der Waals surface area contributed by atoms with Crippen molar-refractivity contribution in [2.24, 2.45) is 11.5 Å². The van der Waals surface area contributed by atoms with Crippen LogP contribution in [0.15, 0.2) is 70.5 Å². The van der Waals surface area contributed by atoms with Crippen molar-refractivity contribution in [2.45, 2.75) is 22.3 Å². The number of carboxylic acids is 1. The third-order valence-electron chi connectivity index (χ3n) is 4.45. The second-order valence-electron chi connectivity index (χ2n) is 6.34. The molecule has 3 rings (SSSR count). The number of nitrogens with one attached hydrogen (secondary N) is 1. The molecule has 1 atom stereocenters. The molecule has 0 saturated carbocycles. The number of hydrogen-bond acceptors (Lipinski definition) is 5. The lowest BCUT2D eigenvalue weighted by molar-refractivity contribution is -0.138. The molecular weight excluding hydrogens is 378 g/mol. The van der Waals surface area contributed by atoms with Gasteiger partial charge in [-0.15, -0.1) is 0 Å². The highest BCUT2D eigenvalue weighted by molar-refractivity contribution is 7.91. The molecule has 6 N–H and O–H groups in total. The van der Waals surface area contributed by atoms with Gasteiger partial charge in [0.05, 0.1) is 9.79 Å². The number of carbonyl (C=O) groups is 1. The summed E-state index contributed by atoms with van der Waals surface area (Å²) in [5.41, 5.74) is 11.5. The zero-order valence-corrected chi connectivity index (χ0v) is 15.6. The Kier molecular flexibility index (Phi) is 5.17. The van der Waals surface area contributed by atoms with Crippen LogP contribution in [-0.4, -0.2) is 31.4 Å². The molecule has 3 aromatic rings. The van der Waals surface area contributed by atoms with Gasteiger partial charge in [0, 0.05) is 10.9 Å². The van der Waals surface area contributed by atoms with Crippen LogP contribution in [0.3, 0.4) is 0 Å². The molecule has 0 aliphatic heterocycles. The van der Waals surface area contributed by atoms with Crippen LogP contribution in [0.4, 0.5) is 0 Å². The van der Waals surface area contributed by atoms with Crippen LogP contribution in [0.25, 0.3) is 10.8 Å². The number of nitrogen functional groups attached to an aromatic ring is 1. The maximum Gasteiger partial charge on any atom is 0.320 e. The van der Waals surface area contributed by atoms with Gasteiger partial charge in [-0.3, -0.25) is 10.2 Å². The minimum Gasteiger partial charge on any atom is -0.480 e. The minimum absolute atomic E-state index is 0.0167. The molecule has 0 amide bonds. The maximum absolute atomic E-state index is 13.6. The van der Waals surface area contributed by atoms with Gasteiger partial charge in [0.2, 0.25) is 9.84 Å². The van der Waals surface area contributed by atoms with Crippen molar-refractivity contribution in [1.82, 2.24) is 0 Å². The zero-order valence-electron chi connectivity index (χ0n) is 14.8.